The van der Waals surface area contributed by atoms with Gasteiger partial charge in [0, 0.05) is 13.0 Å². The lowest BCUT2D eigenvalue weighted by molar-refractivity contribution is -0.139. The second-order valence-corrected chi connectivity index (χ2v) is 6.81. The van der Waals surface area contributed by atoms with Crippen molar-refractivity contribution in [3.8, 4) is 0 Å². The van der Waals surface area contributed by atoms with Gasteiger partial charge in [0.05, 0.1) is 0 Å². The first-order valence-electron chi connectivity index (χ1n) is 8.79. The third-order valence-corrected chi connectivity index (χ3v) is 3.19. The number of carbonyl (C=O) groups is 3. The SMILES string of the molecule is CC(C)(C)OC(=O)NC(CCCCNC(=O)OCCc1nncnn1)C(=O)O. The van der Waals surface area contributed by atoms with Gasteiger partial charge in [-0.2, -0.15) is 0 Å². The number of carbonyl (C=O) groups excluding carboxylic acids is 2. The lowest BCUT2D eigenvalue weighted by atomic mass is 10.1. The Labute approximate surface area is 162 Å². The molecule has 0 radical (unpaired) electrons. The third kappa shape index (κ3) is 10.8. The fourth-order valence-electron chi connectivity index (χ4n) is 1.99. The van der Waals surface area contributed by atoms with E-state index in [1.807, 2.05) is 0 Å². The Balaban J connectivity index is 2.16. The summed E-state index contributed by atoms with van der Waals surface area (Å²) in [5, 5.41) is 28.6. The minimum atomic E-state index is -1.15. The maximum Gasteiger partial charge on any atom is 0.408 e. The van der Waals surface area contributed by atoms with Crippen molar-refractivity contribution in [2.75, 3.05) is 13.2 Å². The zero-order chi connectivity index (χ0) is 21.0. The number of ether oxygens (including phenoxy) is 2. The van der Waals surface area contributed by atoms with Crippen LogP contribution in [0, 0.1) is 0 Å². The molecular formula is C16H26N6O6. The van der Waals surface area contributed by atoms with E-state index in [0.29, 0.717) is 31.6 Å². The average Bonchev–Trinajstić information content (AvgIpc) is 2.59. The van der Waals surface area contributed by atoms with E-state index in [4.69, 9.17) is 9.47 Å². The van der Waals surface area contributed by atoms with Crippen molar-refractivity contribution in [2.45, 2.75) is 58.1 Å². The van der Waals surface area contributed by atoms with Crippen molar-refractivity contribution >= 4 is 18.2 Å². The molecule has 1 aromatic heterocycles. The van der Waals surface area contributed by atoms with Crippen LogP contribution in [0.3, 0.4) is 0 Å². The van der Waals surface area contributed by atoms with Crippen LogP contribution in [0.5, 0.6) is 0 Å². The summed E-state index contributed by atoms with van der Waals surface area (Å²) in [6.45, 7) is 5.46. The van der Waals surface area contributed by atoms with E-state index in [1.165, 1.54) is 6.33 Å². The molecule has 1 atom stereocenters. The van der Waals surface area contributed by atoms with Gasteiger partial charge in [0.1, 0.15) is 18.2 Å². The van der Waals surface area contributed by atoms with Gasteiger partial charge >= 0.3 is 18.2 Å². The van der Waals surface area contributed by atoms with Crippen molar-refractivity contribution in [1.82, 2.24) is 31.0 Å². The number of hydrogen-bond acceptors (Lipinski definition) is 9. The molecule has 156 valence electrons. The van der Waals surface area contributed by atoms with Crippen molar-refractivity contribution < 1.29 is 29.0 Å². The molecule has 12 heteroatoms. The van der Waals surface area contributed by atoms with E-state index in [1.54, 1.807) is 20.8 Å². The largest absolute Gasteiger partial charge is 0.480 e. The monoisotopic (exact) mass is 398 g/mol. The normalized spacial score (nSPS) is 12.0. The zero-order valence-electron chi connectivity index (χ0n) is 16.2. The molecule has 1 aromatic rings. The Kier molecular flexibility index (Phi) is 9.54. The summed E-state index contributed by atoms with van der Waals surface area (Å²) in [4.78, 5) is 34.4. The first kappa shape index (κ1) is 23.0. The lowest BCUT2D eigenvalue weighted by Crippen LogP contribution is -2.43. The Morgan fingerprint density at radius 1 is 1.14 bits per heavy atom. The van der Waals surface area contributed by atoms with Gasteiger partial charge in [0.2, 0.25) is 0 Å². The van der Waals surface area contributed by atoms with E-state index in [-0.39, 0.29) is 13.0 Å². The molecule has 28 heavy (non-hydrogen) atoms. The van der Waals surface area contributed by atoms with Crippen LogP contribution in [0.15, 0.2) is 6.33 Å². The molecule has 3 N–H and O–H groups in total. The maximum atomic E-state index is 11.7. The number of carboxylic acids is 1. The van der Waals surface area contributed by atoms with Crippen LogP contribution in [-0.4, -0.2) is 68.5 Å². The number of aromatic nitrogens is 4. The fraction of sp³-hybridized carbons (Fsp3) is 0.688. The van der Waals surface area contributed by atoms with E-state index >= 15 is 0 Å². The molecule has 0 saturated heterocycles. The number of hydrogen-bond donors (Lipinski definition) is 3. The number of nitrogens with zero attached hydrogens (tertiary/aromatic N) is 4. The van der Waals surface area contributed by atoms with Gasteiger partial charge in [-0.3, -0.25) is 0 Å². The van der Waals surface area contributed by atoms with Crippen LogP contribution < -0.4 is 10.6 Å². The molecule has 0 aliphatic rings. The van der Waals surface area contributed by atoms with Gasteiger partial charge in [-0.15, -0.1) is 20.4 Å². The number of carboxylic acid groups (broad SMARTS) is 1. The zero-order valence-corrected chi connectivity index (χ0v) is 16.2. The van der Waals surface area contributed by atoms with Gasteiger partial charge < -0.3 is 25.2 Å². The molecule has 1 heterocycles. The standard InChI is InChI=1S/C16H26N6O6/c1-16(2,3)28-15(26)20-11(13(23)24)6-4-5-8-17-14(25)27-9-7-12-21-18-10-19-22-12/h10-11H,4-9H2,1-3H3,(H,17,25)(H,20,26)(H,23,24). The Morgan fingerprint density at radius 2 is 1.82 bits per heavy atom. The second-order valence-electron chi connectivity index (χ2n) is 6.81. The van der Waals surface area contributed by atoms with Crippen LogP contribution in [-0.2, 0) is 20.7 Å². The highest BCUT2D eigenvalue weighted by Gasteiger charge is 2.23. The summed E-state index contributed by atoms with van der Waals surface area (Å²) in [6, 6.07) is -1.06. The number of rotatable bonds is 10. The Bertz CT molecular complexity index is 636. The summed E-state index contributed by atoms with van der Waals surface area (Å²) in [7, 11) is 0. The molecule has 12 nitrogen and oxygen atoms in total. The minimum absolute atomic E-state index is 0.0834. The number of alkyl carbamates (subject to hydrolysis) is 2. The molecule has 0 aliphatic heterocycles. The number of amides is 2. The van der Waals surface area contributed by atoms with Gasteiger partial charge in [0.15, 0.2) is 12.2 Å². The van der Waals surface area contributed by atoms with Crippen molar-refractivity contribution in [3.63, 3.8) is 0 Å². The molecular weight excluding hydrogens is 372 g/mol. The minimum Gasteiger partial charge on any atom is -0.480 e. The Hall–Kier alpha value is -3.05. The van der Waals surface area contributed by atoms with Gasteiger partial charge in [-0.1, -0.05) is 0 Å². The van der Waals surface area contributed by atoms with Crippen molar-refractivity contribution in [2.24, 2.45) is 0 Å². The molecule has 0 spiro atoms. The first-order valence-corrected chi connectivity index (χ1v) is 8.79. The molecule has 0 saturated carbocycles. The molecule has 0 bridgehead atoms. The molecule has 0 aromatic carbocycles. The fourth-order valence-corrected chi connectivity index (χ4v) is 1.99. The Morgan fingerprint density at radius 3 is 2.43 bits per heavy atom. The van der Waals surface area contributed by atoms with Crippen LogP contribution in [0.4, 0.5) is 9.59 Å². The summed E-state index contributed by atoms with van der Waals surface area (Å²) >= 11 is 0. The van der Waals surface area contributed by atoms with Crippen LogP contribution in [0.25, 0.3) is 0 Å². The number of nitrogens with one attached hydrogen (secondary N) is 2. The van der Waals surface area contributed by atoms with E-state index in [2.05, 4.69) is 31.0 Å². The summed E-state index contributed by atoms with van der Waals surface area (Å²) in [6.07, 6.45) is 1.32. The van der Waals surface area contributed by atoms with E-state index in [9.17, 15) is 19.5 Å². The summed E-state index contributed by atoms with van der Waals surface area (Å²) in [5.74, 6) is -0.780. The van der Waals surface area contributed by atoms with Gasteiger partial charge in [-0.05, 0) is 40.0 Å². The predicted molar refractivity (Wildman–Crippen MR) is 95.3 cm³/mol. The molecule has 0 aliphatic carbocycles. The second kappa shape index (κ2) is 11.6. The highest BCUT2D eigenvalue weighted by molar-refractivity contribution is 5.79. The average molecular weight is 398 g/mol. The van der Waals surface area contributed by atoms with E-state index < -0.39 is 29.8 Å². The van der Waals surface area contributed by atoms with Crippen LogP contribution in [0.1, 0.15) is 45.9 Å². The molecule has 0 fully saturated rings. The van der Waals surface area contributed by atoms with Crippen molar-refractivity contribution in [1.29, 1.82) is 0 Å². The number of unbranched alkanes of at least 4 members (excludes halogenated alkanes) is 1. The highest BCUT2D eigenvalue weighted by Crippen LogP contribution is 2.08. The summed E-state index contributed by atoms with van der Waals surface area (Å²) in [5.41, 5.74) is -0.711. The van der Waals surface area contributed by atoms with Crippen LogP contribution >= 0.6 is 0 Å². The predicted octanol–water partition coefficient (Wildman–Crippen LogP) is 0.684. The third-order valence-electron chi connectivity index (χ3n) is 3.19. The quantitative estimate of drug-likeness (QED) is 0.477. The van der Waals surface area contributed by atoms with Crippen LogP contribution in [0.2, 0.25) is 0 Å². The first-order chi connectivity index (χ1) is 13.2. The smallest absolute Gasteiger partial charge is 0.408 e. The van der Waals surface area contributed by atoms with Crippen molar-refractivity contribution in [3.05, 3.63) is 12.2 Å². The maximum absolute atomic E-state index is 11.7. The number of aliphatic carboxylic acids is 1. The highest BCUT2D eigenvalue weighted by atomic mass is 16.6. The molecule has 2 amide bonds. The van der Waals surface area contributed by atoms with Gasteiger partial charge in [0.25, 0.3) is 0 Å². The topological polar surface area (TPSA) is 166 Å². The molecule has 1 rings (SSSR count). The van der Waals surface area contributed by atoms with Gasteiger partial charge in [-0.25, -0.2) is 14.4 Å². The van der Waals surface area contributed by atoms with E-state index in [0.717, 1.165) is 0 Å². The lowest BCUT2D eigenvalue weighted by Gasteiger charge is -2.22. The summed E-state index contributed by atoms with van der Waals surface area (Å²) < 4.78 is 10.0. The molecule has 1 unspecified atom stereocenters.